The largest absolute Gasteiger partial charge is 0.480 e. The van der Waals surface area contributed by atoms with Crippen LogP contribution < -0.4 is 0 Å². The highest BCUT2D eigenvalue weighted by Gasteiger charge is 2.35. The van der Waals surface area contributed by atoms with Crippen molar-refractivity contribution in [2.24, 2.45) is 0 Å². The molecule has 0 aliphatic carbocycles. The second-order valence-electron chi connectivity index (χ2n) is 4.83. The van der Waals surface area contributed by atoms with Crippen LogP contribution >= 0.6 is 0 Å². The molecule has 2 rings (SSSR count). The molecular weight excluding hydrogens is 316 g/mol. The molecule has 10 heteroatoms. The van der Waals surface area contributed by atoms with E-state index in [2.05, 4.69) is 0 Å². The fourth-order valence-electron chi connectivity index (χ4n) is 1.95. The van der Waals surface area contributed by atoms with Gasteiger partial charge in [-0.2, -0.15) is 0 Å². The third-order valence-corrected chi connectivity index (χ3v) is 4.89. The minimum Gasteiger partial charge on any atom is -0.480 e. The number of morpholine rings is 1. The molecule has 2 heterocycles. The maximum atomic E-state index is 12.3. The van der Waals surface area contributed by atoms with Crippen LogP contribution in [0.25, 0.3) is 0 Å². The van der Waals surface area contributed by atoms with E-state index in [-0.39, 0.29) is 30.6 Å². The molecule has 0 radical (unpaired) electrons. The number of hydrogen-bond acceptors (Lipinski definition) is 6. The number of carboxylic acid groups (broad SMARTS) is 1. The molecule has 0 bridgehead atoms. The topological polar surface area (TPSA) is 117 Å². The molecule has 1 saturated heterocycles. The second-order valence-corrected chi connectivity index (χ2v) is 6.92. The van der Waals surface area contributed by atoms with Crippen molar-refractivity contribution in [1.82, 2.24) is 9.21 Å². The first-order valence-corrected chi connectivity index (χ1v) is 7.83. The van der Waals surface area contributed by atoms with Crippen LogP contribution in [0.1, 0.15) is 10.6 Å². The first-order valence-electron chi connectivity index (χ1n) is 6.39. The fraction of sp³-hybridized carbons (Fsp3) is 0.500. The van der Waals surface area contributed by atoms with Crippen LogP contribution in [0.15, 0.2) is 21.6 Å². The van der Waals surface area contributed by atoms with Gasteiger partial charge in [-0.3, -0.25) is 4.79 Å². The highest BCUT2D eigenvalue weighted by molar-refractivity contribution is 7.88. The molecule has 122 valence electrons. The van der Waals surface area contributed by atoms with E-state index in [1.54, 1.807) is 0 Å². The lowest BCUT2D eigenvalue weighted by atomic mass is 10.2. The van der Waals surface area contributed by atoms with Gasteiger partial charge in [-0.05, 0) is 12.1 Å². The predicted octanol–water partition coefficient (Wildman–Crippen LogP) is -0.544. The van der Waals surface area contributed by atoms with Crippen molar-refractivity contribution in [2.45, 2.75) is 11.1 Å². The van der Waals surface area contributed by atoms with Gasteiger partial charge in [-0.25, -0.2) is 17.5 Å². The van der Waals surface area contributed by atoms with Gasteiger partial charge in [0.15, 0.2) is 11.8 Å². The van der Waals surface area contributed by atoms with E-state index in [1.165, 1.54) is 26.2 Å². The number of carboxylic acids is 1. The summed E-state index contributed by atoms with van der Waals surface area (Å²) in [5.41, 5.74) is 0. The summed E-state index contributed by atoms with van der Waals surface area (Å²) in [6, 6.07) is 1.26. The number of carbonyl (C=O) groups excluding carboxylic acids is 1. The van der Waals surface area contributed by atoms with Crippen molar-refractivity contribution in [3.8, 4) is 0 Å². The van der Waals surface area contributed by atoms with Crippen LogP contribution in [-0.4, -0.2) is 74.5 Å². The first-order chi connectivity index (χ1) is 10.2. The van der Waals surface area contributed by atoms with Gasteiger partial charge in [0.25, 0.3) is 15.9 Å². The van der Waals surface area contributed by atoms with Gasteiger partial charge in [0, 0.05) is 20.6 Å². The van der Waals surface area contributed by atoms with E-state index in [4.69, 9.17) is 14.3 Å². The Morgan fingerprint density at radius 3 is 2.64 bits per heavy atom. The smallest absolute Gasteiger partial charge is 0.328 e. The average molecular weight is 332 g/mol. The lowest BCUT2D eigenvalue weighted by Gasteiger charge is -2.32. The van der Waals surface area contributed by atoms with Gasteiger partial charge < -0.3 is 19.2 Å². The van der Waals surface area contributed by atoms with Gasteiger partial charge in [0.05, 0.1) is 13.2 Å². The van der Waals surface area contributed by atoms with Gasteiger partial charge in [0.2, 0.25) is 5.09 Å². The molecular formula is C12H16N2O7S. The summed E-state index contributed by atoms with van der Waals surface area (Å²) in [4.78, 5) is 24.6. The summed E-state index contributed by atoms with van der Waals surface area (Å²) in [7, 11) is -1.13. The highest BCUT2D eigenvalue weighted by atomic mass is 32.2. The van der Waals surface area contributed by atoms with Gasteiger partial charge in [-0.1, -0.05) is 0 Å². The molecule has 1 unspecified atom stereocenters. The number of ether oxygens (including phenoxy) is 1. The fourth-order valence-corrected chi connectivity index (χ4v) is 2.74. The SMILES string of the molecule is CN(C)S(=O)(=O)c1ccc(C(=O)N2CCOCC2C(=O)O)o1. The number of rotatable bonds is 4. The number of hydrogen-bond donors (Lipinski definition) is 1. The Morgan fingerprint density at radius 1 is 1.36 bits per heavy atom. The Kier molecular flexibility index (Phi) is 4.54. The Morgan fingerprint density at radius 2 is 2.05 bits per heavy atom. The minimum atomic E-state index is -3.80. The van der Waals surface area contributed by atoms with Crippen molar-refractivity contribution in [2.75, 3.05) is 33.9 Å². The highest BCUT2D eigenvalue weighted by Crippen LogP contribution is 2.20. The van der Waals surface area contributed by atoms with E-state index in [9.17, 15) is 18.0 Å². The van der Waals surface area contributed by atoms with Gasteiger partial charge >= 0.3 is 5.97 Å². The summed E-state index contributed by atoms with van der Waals surface area (Å²) < 4.78 is 34.9. The minimum absolute atomic E-state index is 0.0895. The molecule has 22 heavy (non-hydrogen) atoms. The summed E-state index contributed by atoms with van der Waals surface area (Å²) in [6.45, 7) is 0.177. The Hall–Kier alpha value is -1.91. The quantitative estimate of drug-likeness (QED) is 0.786. The van der Waals surface area contributed by atoms with Crippen LogP contribution in [0.4, 0.5) is 0 Å². The summed E-state index contributed by atoms with van der Waals surface area (Å²) in [5, 5.41) is 8.73. The lowest BCUT2D eigenvalue weighted by Crippen LogP contribution is -2.52. The lowest BCUT2D eigenvalue weighted by molar-refractivity contribution is -0.147. The standard InChI is InChI=1S/C12H16N2O7S/c1-13(2)22(18,19)10-4-3-9(21-10)11(15)14-5-6-20-7-8(14)12(16)17/h3-4,8H,5-7H2,1-2H3,(H,16,17). The second kappa shape index (κ2) is 6.07. The van der Waals surface area contributed by atoms with Crippen LogP contribution in [-0.2, 0) is 19.6 Å². The number of nitrogens with zero attached hydrogens (tertiary/aromatic N) is 2. The van der Waals surface area contributed by atoms with Crippen molar-refractivity contribution >= 4 is 21.9 Å². The van der Waals surface area contributed by atoms with Crippen molar-refractivity contribution in [3.05, 3.63) is 17.9 Å². The maximum absolute atomic E-state index is 12.3. The molecule has 0 spiro atoms. The molecule has 0 aromatic carbocycles. The predicted molar refractivity (Wildman–Crippen MR) is 72.9 cm³/mol. The zero-order valence-corrected chi connectivity index (χ0v) is 12.9. The molecule has 1 N–H and O–H groups in total. The molecule has 1 atom stereocenters. The molecule has 1 aliphatic rings. The Labute approximate surface area is 127 Å². The molecule has 1 aromatic heterocycles. The molecule has 9 nitrogen and oxygen atoms in total. The molecule has 0 saturated carbocycles. The summed E-state index contributed by atoms with van der Waals surface area (Å²) >= 11 is 0. The molecule has 1 fully saturated rings. The third-order valence-electron chi connectivity index (χ3n) is 3.20. The zero-order chi connectivity index (χ0) is 16.5. The first kappa shape index (κ1) is 16.5. The van der Waals surface area contributed by atoms with Crippen LogP contribution in [0.5, 0.6) is 0 Å². The van der Waals surface area contributed by atoms with Crippen molar-refractivity contribution in [3.63, 3.8) is 0 Å². The molecule has 1 aromatic rings. The average Bonchev–Trinajstić information content (AvgIpc) is 2.96. The Balaban J connectivity index is 2.27. The number of carbonyl (C=O) groups is 2. The Bertz CT molecular complexity index is 679. The van der Waals surface area contributed by atoms with E-state index in [1.807, 2.05) is 0 Å². The van der Waals surface area contributed by atoms with Crippen molar-refractivity contribution in [1.29, 1.82) is 0 Å². The molecule has 1 amide bonds. The summed E-state index contributed by atoms with van der Waals surface area (Å²) in [6.07, 6.45) is 0. The summed E-state index contributed by atoms with van der Waals surface area (Å²) in [5.74, 6) is -2.11. The van der Waals surface area contributed by atoms with E-state index in [0.717, 1.165) is 9.21 Å². The van der Waals surface area contributed by atoms with Gasteiger partial charge in [0.1, 0.15) is 0 Å². The number of amides is 1. The zero-order valence-electron chi connectivity index (χ0n) is 12.1. The maximum Gasteiger partial charge on any atom is 0.328 e. The van der Waals surface area contributed by atoms with E-state index >= 15 is 0 Å². The van der Waals surface area contributed by atoms with Crippen molar-refractivity contribution < 1.29 is 32.3 Å². The van der Waals surface area contributed by atoms with E-state index < -0.39 is 27.9 Å². The normalized spacial score (nSPS) is 19.4. The number of sulfonamides is 1. The van der Waals surface area contributed by atoms with Crippen LogP contribution in [0, 0.1) is 0 Å². The van der Waals surface area contributed by atoms with Crippen LogP contribution in [0.2, 0.25) is 0 Å². The molecule has 1 aliphatic heterocycles. The van der Waals surface area contributed by atoms with E-state index in [0.29, 0.717) is 0 Å². The monoisotopic (exact) mass is 332 g/mol. The number of furan rings is 1. The number of aliphatic carboxylic acids is 1. The third kappa shape index (κ3) is 2.98. The van der Waals surface area contributed by atoms with Gasteiger partial charge in [-0.15, -0.1) is 0 Å². The van der Waals surface area contributed by atoms with Crippen LogP contribution in [0.3, 0.4) is 0 Å².